The third kappa shape index (κ3) is 4.20. The highest BCUT2D eigenvalue weighted by molar-refractivity contribution is 7.90. The molecule has 0 amide bonds. The Morgan fingerprint density at radius 3 is 2.07 bits per heavy atom. The van der Waals surface area contributed by atoms with E-state index in [1.54, 1.807) is 24.3 Å². The number of rotatable bonds is 4. The first-order chi connectivity index (χ1) is 13.1. The van der Waals surface area contributed by atoms with Crippen LogP contribution >= 0.6 is 0 Å². The Balaban J connectivity index is 2.21. The molecule has 3 rings (SSSR count). The maximum Gasteiger partial charge on any atom is 0.416 e. The highest BCUT2D eigenvalue weighted by Crippen LogP contribution is 2.39. The van der Waals surface area contributed by atoms with Gasteiger partial charge < -0.3 is 4.74 Å². The van der Waals surface area contributed by atoms with Gasteiger partial charge in [-0.1, -0.05) is 30.3 Å². The molecule has 0 bridgehead atoms. The number of alkyl halides is 3. The first kappa shape index (κ1) is 19.9. The predicted octanol–water partition coefficient (Wildman–Crippen LogP) is 5.45. The van der Waals surface area contributed by atoms with Gasteiger partial charge in [-0.2, -0.15) is 13.2 Å². The molecule has 0 N–H and O–H groups in total. The lowest BCUT2D eigenvalue weighted by atomic mass is 9.92. The van der Waals surface area contributed by atoms with E-state index in [1.165, 1.54) is 37.4 Å². The molecule has 0 fully saturated rings. The molecule has 0 radical (unpaired) electrons. The van der Waals surface area contributed by atoms with Gasteiger partial charge in [0.05, 0.1) is 17.6 Å². The zero-order valence-electron chi connectivity index (χ0n) is 15.1. The predicted molar refractivity (Wildman–Crippen MR) is 102 cm³/mol. The molecule has 0 spiro atoms. The highest BCUT2D eigenvalue weighted by Gasteiger charge is 2.31. The lowest BCUT2D eigenvalue weighted by Gasteiger charge is -2.15. The average molecular weight is 406 g/mol. The van der Waals surface area contributed by atoms with Crippen LogP contribution < -0.4 is 4.74 Å². The van der Waals surface area contributed by atoms with Gasteiger partial charge in [-0.15, -0.1) is 0 Å². The molecule has 3 aromatic rings. The molecular weight excluding hydrogens is 389 g/mol. The van der Waals surface area contributed by atoms with E-state index in [2.05, 4.69) is 0 Å². The van der Waals surface area contributed by atoms with Crippen LogP contribution in [0.2, 0.25) is 0 Å². The molecule has 28 heavy (non-hydrogen) atoms. The first-order valence-corrected chi connectivity index (χ1v) is 10.1. The minimum atomic E-state index is -4.49. The summed E-state index contributed by atoms with van der Waals surface area (Å²) in [6.45, 7) is 0. The standard InChI is InChI=1S/C21H17F3O3S/c1-27-17-5-3-4-15(12-17)19-11-8-16(21(22,23)24)13-20(19)14-6-9-18(10-7-14)28(2,25)26/h3-13H,1-2H3. The van der Waals surface area contributed by atoms with Crippen molar-refractivity contribution in [1.82, 2.24) is 0 Å². The van der Waals surface area contributed by atoms with Gasteiger partial charge in [-0.25, -0.2) is 8.42 Å². The molecule has 7 heteroatoms. The third-order valence-corrected chi connectivity index (χ3v) is 5.45. The summed E-state index contributed by atoms with van der Waals surface area (Å²) in [6, 6.07) is 16.3. The van der Waals surface area contributed by atoms with Crippen LogP contribution in [0.3, 0.4) is 0 Å². The van der Waals surface area contributed by atoms with Crippen molar-refractivity contribution in [2.24, 2.45) is 0 Å². The number of halogens is 3. The van der Waals surface area contributed by atoms with E-state index in [-0.39, 0.29) is 4.90 Å². The van der Waals surface area contributed by atoms with E-state index in [0.717, 1.165) is 18.4 Å². The van der Waals surface area contributed by atoms with E-state index in [9.17, 15) is 21.6 Å². The minimum Gasteiger partial charge on any atom is -0.497 e. The SMILES string of the molecule is COc1cccc(-c2ccc(C(F)(F)F)cc2-c2ccc(S(C)(=O)=O)cc2)c1. The number of methoxy groups -OCH3 is 1. The number of sulfone groups is 1. The van der Waals surface area contributed by atoms with Crippen molar-refractivity contribution >= 4 is 9.84 Å². The molecular formula is C21H17F3O3S. The summed E-state index contributed by atoms with van der Waals surface area (Å²) in [6.07, 6.45) is -3.41. The maximum atomic E-state index is 13.3. The number of hydrogen-bond donors (Lipinski definition) is 0. The van der Waals surface area contributed by atoms with E-state index < -0.39 is 21.6 Å². The Labute approximate surface area is 161 Å². The van der Waals surface area contributed by atoms with Gasteiger partial charge in [-0.05, 0) is 58.7 Å². The third-order valence-electron chi connectivity index (χ3n) is 4.32. The monoisotopic (exact) mass is 406 g/mol. The van der Waals surface area contributed by atoms with E-state index >= 15 is 0 Å². The first-order valence-electron chi connectivity index (χ1n) is 8.26. The van der Waals surface area contributed by atoms with Crippen LogP contribution in [0.1, 0.15) is 5.56 Å². The lowest BCUT2D eigenvalue weighted by Crippen LogP contribution is -2.05. The van der Waals surface area contributed by atoms with E-state index in [0.29, 0.717) is 28.0 Å². The molecule has 0 heterocycles. The summed E-state index contributed by atoms with van der Waals surface area (Å²) in [5.74, 6) is 0.579. The van der Waals surface area contributed by atoms with Crippen molar-refractivity contribution in [2.45, 2.75) is 11.1 Å². The second-order valence-electron chi connectivity index (χ2n) is 6.29. The van der Waals surface area contributed by atoms with E-state index in [1.807, 2.05) is 0 Å². The van der Waals surface area contributed by atoms with Gasteiger partial charge >= 0.3 is 6.18 Å². The maximum absolute atomic E-state index is 13.3. The molecule has 0 aromatic heterocycles. The Morgan fingerprint density at radius 1 is 0.821 bits per heavy atom. The zero-order valence-corrected chi connectivity index (χ0v) is 15.9. The van der Waals surface area contributed by atoms with Gasteiger partial charge in [0.15, 0.2) is 9.84 Å². The van der Waals surface area contributed by atoms with Crippen molar-refractivity contribution in [2.75, 3.05) is 13.4 Å². The van der Waals surface area contributed by atoms with Crippen LogP contribution in [-0.4, -0.2) is 21.8 Å². The van der Waals surface area contributed by atoms with E-state index in [4.69, 9.17) is 4.74 Å². The van der Waals surface area contributed by atoms with Crippen LogP contribution in [0.5, 0.6) is 5.75 Å². The largest absolute Gasteiger partial charge is 0.497 e. The normalized spacial score (nSPS) is 12.0. The van der Waals surface area contributed by atoms with Gasteiger partial charge in [0.2, 0.25) is 0 Å². The molecule has 3 aromatic carbocycles. The molecule has 0 saturated carbocycles. The molecule has 0 aliphatic carbocycles. The molecule has 3 nitrogen and oxygen atoms in total. The van der Waals surface area contributed by atoms with Crippen molar-refractivity contribution < 1.29 is 26.3 Å². The second-order valence-corrected chi connectivity index (χ2v) is 8.30. The molecule has 0 aliphatic rings. The second kappa shape index (κ2) is 7.31. The molecule has 0 atom stereocenters. The van der Waals surface area contributed by atoms with Crippen LogP contribution in [-0.2, 0) is 16.0 Å². The van der Waals surface area contributed by atoms with Gasteiger partial charge in [-0.3, -0.25) is 0 Å². The van der Waals surface area contributed by atoms with Crippen LogP contribution in [0.15, 0.2) is 71.6 Å². The molecule has 0 saturated heterocycles. The van der Waals surface area contributed by atoms with Crippen molar-refractivity contribution in [3.63, 3.8) is 0 Å². The summed E-state index contributed by atoms with van der Waals surface area (Å²) >= 11 is 0. The topological polar surface area (TPSA) is 43.4 Å². The quantitative estimate of drug-likeness (QED) is 0.579. The van der Waals surface area contributed by atoms with Crippen LogP contribution in [0, 0.1) is 0 Å². The molecule has 146 valence electrons. The summed E-state index contributed by atoms with van der Waals surface area (Å²) in [4.78, 5) is 0.103. The average Bonchev–Trinajstić information content (AvgIpc) is 2.66. The fraction of sp³-hybridized carbons (Fsp3) is 0.143. The van der Waals surface area contributed by atoms with Crippen molar-refractivity contribution in [3.05, 3.63) is 72.3 Å². The van der Waals surface area contributed by atoms with Crippen LogP contribution in [0.4, 0.5) is 13.2 Å². The highest BCUT2D eigenvalue weighted by atomic mass is 32.2. The Hall–Kier alpha value is -2.80. The van der Waals surface area contributed by atoms with Gasteiger partial charge in [0.1, 0.15) is 5.75 Å². The fourth-order valence-electron chi connectivity index (χ4n) is 2.88. The smallest absolute Gasteiger partial charge is 0.416 e. The van der Waals surface area contributed by atoms with Crippen molar-refractivity contribution in [3.8, 4) is 28.0 Å². The molecule has 0 unspecified atom stereocenters. The Bertz CT molecular complexity index is 1100. The van der Waals surface area contributed by atoms with Gasteiger partial charge in [0.25, 0.3) is 0 Å². The zero-order chi connectivity index (χ0) is 20.5. The lowest BCUT2D eigenvalue weighted by molar-refractivity contribution is -0.137. The Kier molecular flexibility index (Phi) is 5.21. The fourth-order valence-corrected chi connectivity index (χ4v) is 3.51. The van der Waals surface area contributed by atoms with Crippen molar-refractivity contribution in [1.29, 1.82) is 0 Å². The number of ether oxygens (including phenoxy) is 1. The number of benzene rings is 3. The minimum absolute atomic E-state index is 0.103. The number of hydrogen-bond acceptors (Lipinski definition) is 3. The summed E-state index contributed by atoms with van der Waals surface area (Å²) in [5.41, 5.74) is 1.33. The summed E-state index contributed by atoms with van der Waals surface area (Å²) in [5, 5.41) is 0. The summed E-state index contributed by atoms with van der Waals surface area (Å²) < 4.78 is 68.3. The Morgan fingerprint density at radius 2 is 1.50 bits per heavy atom. The summed E-state index contributed by atoms with van der Waals surface area (Å²) in [7, 11) is -1.89. The van der Waals surface area contributed by atoms with Gasteiger partial charge in [0, 0.05) is 6.26 Å². The van der Waals surface area contributed by atoms with Crippen LogP contribution in [0.25, 0.3) is 22.3 Å². The molecule has 0 aliphatic heterocycles.